The SMILES string of the molecule is C#C/C(=C/C(C)=C/c1c(C2=CCCCC2)c2c(C)ncnc2n1C)N=CC. The van der Waals surface area contributed by atoms with Crippen LogP contribution in [-0.4, -0.2) is 20.7 Å². The third kappa shape index (κ3) is 3.78. The largest absolute Gasteiger partial charge is 0.328 e. The second kappa shape index (κ2) is 8.18. The Morgan fingerprint density at radius 3 is 2.81 bits per heavy atom. The van der Waals surface area contributed by atoms with Gasteiger partial charge in [-0.05, 0) is 69.8 Å². The Morgan fingerprint density at radius 2 is 2.15 bits per heavy atom. The molecule has 0 fully saturated rings. The first-order chi connectivity index (χ1) is 13.1. The molecule has 1 aliphatic carbocycles. The molecule has 0 saturated carbocycles. The van der Waals surface area contributed by atoms with Gasteiger partial charge in [0.1, 0.15) is 17.7 Å². The fraction of sp³-hybridized carbons (Fsp3) is 0.348. The van der Waals surface area contributed by atoms with E-state index in [0.717, 1.165) is 40.8 Å². The van der Waals surface area contributed by atoms with Gasteiger partial charge >= 0.3 is 0 Å². The summed E-state index contributed by atoms with van der Waals surface area (Å²) in [5, 5.41) is 1.15. The fourth-order valence-corrected chi connectivity index (χ4v) is 3.71. The van der Waals surface area contributed by atoms with Gasteiger partial charge in [0.05, 0.1) is 11.4 Å². The number of nitrogens with zero attached hydrogens (tertiary/aromatic N) is 4. The van der Waals surface area contributed by atoms with Crippen LogP contribution >= 0.6 is 0 Å². The van der Waals surface area contributed by atoms with Crippen molar-refractivity contribution in [1.82, 2.24) is 14.5 Å². The number of aryl methyl sites for hydroxylation is 2. The first kappa shape index (κ1) is 18.8. The number of aromatic nitrogens is 3. The summed E-state index contributed by atoms with van der Waals surface area (Å²) in [6, 6.07) is 0. The van der Waals surface area contributed by atoms with Crippen molar-refractivity contribution in [2.75, 3.05) is 0 Å². The minimum absolute atomic E-state index is 0.624. The molecule has 4 nitrogen and oxygen atoms in total. The average Bonchev–Trinajstić information content (AvgIpc) is 2.95. The summed E-state index contributed by atoms with van der Waals surface area (Å²) >= 11 is 0. The van der Waals surface area contributed by atoms with E-state index in [1.165, 1.54) is 24.0 Å². The topological polar surface area (TPSA) is 43.1 Å². The molecule has 0 bridgehead atoms. The van der Waals surface area contributed by atoms with E-state index in [1.54, 1.807) is 12.5 Å². The molecule has 1 aliphatic rings. The molecule has 2 heterocycles. The predicted octanol–water partition coefficient (Wildman–Crippen LogP) is 5.25. The Bertz CT molecular complexity index is 1020. The summed E-state index contributed by atoms with van der Waals surface area (Å²) in [5.41, 5.74) is 7.48. The molecule has 3 rings (SSSR count). The molecule has 27 heavy (non-hydrogen) atoms. The zero-order valence-corrected chi connectivity index (χ0v) is 16.6. The molecular formula is C23H26N4. The molecular weight excluding hydrogens is 332 g/mol. The van der Waals surface area contributed by atoms with Gasteiger partial charge in [0.2, 0.25) is 0 Å². The van der Waals surface area contributed by atoms with Crippen molar-refractivity contribution in [1.29, 1.82) is 0 Å². The zero-order valence-electron chi connectivity index (χ0n) is 16.6. The van der Waals surface area contributed by atoms with Crippen LogP contribution in [-0.2, 0) is 7.05 Å². The van der Waals surface area contributed by atoms with Crippen LogP contribution in [0.3, 0.4) is 0 Å². The molecule has 0 atom stereocenters. The lowest BCUT2D eigenvalue weighted by molar-refractivity contribution is 0.742. The molecule has 0 spiro atoms. The number of aliphatic imine (C=N–C) groups is 1. The number of hydrogen-bond donors (Lipinski definition) is 0. The van der Waals surface area contributed by atoms with Crippen LogP contribution in [0.4, 0.5) is 0 Å². The van der Waals surface area contributed by atoms with E-state index in [-0.39, 0.29) is 0 Å². The molecule has 0 aliphatic heterocycles. The van der Waals surface area contributed by atoms with Crippen molar-refractivity contribution in [2.24, 2.45) is 12.0 Å². The van der Waals surface area contributed by atoms with Gasteiger partial charge in [-0.15, -0.1) is 6.42 Å². The van der Waals surface area contributed by atoms with Gasteiger partial charge in [-0.25, -0.2) is 9.97 Å². The minimum atomic E-state index is 0.624. The van der Waals surface area contributed by atoms with Crippen molar-refractivity contribution < 1.29 is 0 Å². The van der Waals surface area contributed by atoms with Crippen LogP contribution in [0.5, 0.6) is 0 Å². The van der Waals surface area contributed by atoms with Gasteiger partial charge in [0.15, 0.2) is 0 Å². The van der Waals surface area contributed by atoms with E-state index in [9.17, 15) is 0 Å². The zero-order chi connectivity index (χ0) is 19.4. The molecule has 0 saturated heterocycles. The number of hydrogen-bond acceptors (Lipinski definition) is 3. The van der Waals surface area contributed by atoms with Crippen LogP contribution in [0.25, 0.3) is 22.7 Å². The lowest BCUT2D eigenvalue weighted by Crippen LogP contribution is -1.97. The Morgan fingerprint density at radius 1 is 1.33 bits per heavy atom. The van der Waals surface area contributed by atoms with Gasteiger partial charge in [0.25, 0.3) is 0 Å². The Kier molecular flexibility index (Phi) is 5.71. The molecule has 4 heteroatoms. The second-order valence-electron chi connectivity index (χ2n) is 6.90. The summed E-state index contributed by atoms with van der Waals surface area (Å²) in [7, 11) is 2.07. The van der Waals surface area contributed by atoms with Crippen molar-refractivity contribution in [3.63, 3.8) is 0 Å². The van der Waals surface area contributed by atoms with Crippen molar-refractivity contribution in [2.45, 2.75) is 46.5 Å². The molecule has 0 aromatic carbocycles. The second-order valence-corrected chi connectivity index (χ2v) is 6.90. The summed E-state index contributed by atoms with van der Waals surface area (Å²) < 4.78 is 2.16. The van der Waals surface area contributed by atoms with Crippen LogP contribution in [0, 0.1) is 19.3 Å². The third-order valence-electron chi connectivity index (χ3n) is 4.96. The minimum Gasteiger partial charge on any atom is -0.328 e. The predicted molar refractivity (Wildman–Crippen MR) is 114 cm³/mol. The van der Waals surface area contributed by atoms with E-state index < -0.39 is 0 Å². The summed E-state index contributed by atoms with van der Waals surface area (Å²) in [4.78, 5) is 13.2. The quantitative estimate of drug-likeness (QED) is 0.426. The molecule has 2 aromatic rings. The van der Waals surface area contributed by atoms with Gasteiger partial charge in [-0.2, -0.15) is 0 Å². The Hall–Kier alpha value is -2.93. The third-order valence-corrected chi connectivity index (χ3v) is 4.96. The van der Waals surface area contributed by atoms with Crippen molar-refractivity contribution in [3.8, 4) is 12.3 Å². The summed E-state index contributed by atoms with van der Waals surface area (Å²) in [6.07, 6.45) is 20.1. The molecule has 0 amide bonds. The lowest BCUT2D eigenvalue weighted by Gasteiger charge is -2.14. The van der Waals surface area contributed by atoms with E-state index >= 15 is 0 Å². The standard InChI is InChI=1S/C23H26N4/c1-6-19(24-7-2)13-16(3)14-20-22(18-11-9-8-10-12-18)21-17(4)25-15-26-23(21)27(20)5/h1,7,11,13-15H,8-10,12H2,2-5H3/b16-14+,19-13-,24-7?. The highest BCUT2D eigenvalue weighted by Crippen LogP contribution is 2.37. The van der Waals surface area contributed by atoms with Crippen LogP contribution in [0.2, 0.25) is 0 Å². The van der Waals surface area contributed by atoms with Gasteiger partial charge in [0, 0.05) is 24.2 Å². The van der Waals surface area contributed by atoms with Gasteiger partial charge < -0.3 is 4.57 Å². The lowest BCUT2D eigenvalue weighted by atomic mass is 9.91. The maximum absolute atomic E-state index is 5.57. The maximum atomic E-state index is 5.57. The van der Waals surface area contributed by atoms with Gasteiger partial charge in [-0.3, -0.25) is 4.99 Å². The molecule has 138 valence electrons. The normalized spacial score (nSPS) is 16.0. The molecule has 0 unspecified atom stereocenters. The molecule has 2 aromatic heterocycles. The van der Waals surface area contributed by atoms with Crippen molar-refractivity contribution >= 4 is 28.9 Å². The molecule has 0 radical (unpaired) electrons. The van der Waals surface area contributed by atoms with E-state index in [4.69, 9.17) is 6.42 Å². The summed E-state index contributed by atoms with van der Waals surface area (Å²) in [6.45, 7) is 5.98. The Labute approximate surface area is 161 Å². The monoisotopic (exact) mass is 358 g/mol. The first-order valence-electron chi connectivity index (χ1n) is 9.41. The van der Waals surface area contributed by atoms with E-state index in [0.29, 0.717) is 5.70 Å². The number of rotatable bonds is 4. The number of allylic oxidation sites excluding steroid dienone is 5. The first-order valence-corrected chi connectivity index (χ1v) is 9.41. The average molecular weight is 358 g/mol. The summed E-state index contributed by atoms with van der Waals surface area (Å²) in [5.74, 6) is 2.63. The Balaban J connectivity index is 2.25. The van der Waals surface area contributed by atoms with E-state index in [2.05, 4.69) is 58.5 Å². The fourth-order valence-electron chi connectivity index (χ4n) is 3.71. The van der Waals surface area contributed by atoms with Crippen LogP contribution in [0.15, 0.2) is 34.7 Å². The number of terminal acetylenes is 1. The highest BCUT2D eigenvalue weighted by atomic mass is 15.0. The molecule has 0 N–H and O–H groups in total. The number of fused-ring (bicyclic) bond motifs is 1. The van der Waals surface area contributed by atoms with Crippen LogP contribution < -0.4 is 0 Å². The van der Waals surface area contributed by atoms with Crippen LogP contribution in [0.1, 0.15) is 56.5 Å². The van der Waals surface area contributed by atoms with Crippen molar-refractivity contribution in [3.05, 3.63) is 46.7 Å². The maximum Gasteiger partial charge on any atom is 0.144 e. The van der Waals surface area contributed by atoms with Gasteiger partial charge in [-0.1, -0.05) is 12.0 Å². The highest BCUT2D eigenvalue weighted by molar-refractivity contribution is 5.97. The van der Waals surface area contributed by atoms with E-state index in [1.807, 2.05) is 13.0 Å². The smallest absolute Gasteiger partial charge is 0.144 e. The highest BCUT2D eigenvalue weighted by Gasteiger charge is 2.21.